The Hall–Kier alpha value is -4.86. The number of carbonyl (C=O) groups excluding carboxylic acids is 4. The highest BCUT2D eigenvalue weighted by atomic mass is 16.5. The molecule has 10 nitrogen and oxygen atoms in total. The Labute approximate surface area is 231 Å². The minimum Gasteiger partial charge on any atom is -0.497 e. The zero-order valence-electron chi connectivity index (χ0n) is 21.9. The second kappa shape index (κ2) is 11.9. The fraction of sp³-hybridized carbons (Fsp3) is 0.267. The SMILES string of the molecule is COc1cccc(CC(=O)N2CC3[C@H](NC(=O)COc4ccccc4)C(=O)N3C2C(=O)OCc2ccccc2)c1. The second-order valence-corrected chi connectivity index (χ2v) is 9.50. The van der Waals surface area contributed by atoms with Crippen molar-refractivity contribution in [1.82, 2.24) is 15.1 Å². The fourth-order valence-electron chi connectivity index (χ4n) is 4.89. The molecule has 3 amide bonds. The highest BCUT2D eigenvalue weighted by molar-refractivity contribution is 5.99. The number of nitrogens with one attached hydrogen (secondary N) is 1. The Kier molecular flexibility index (Phi) is 7.95. The van der Waals surface area contributed by atoms with Gasteiger partial charge < -0.3 is 29.3 Å². The van der Waals surface area contributed by atoms with Gasteiger partial charge in [-0.2, -0.15) is 0 Å². The topological polar surface area (TPSA) is 114 Å². The minimum absolute atomic E-state index is 0.00221. The third kappa shape index (κ3) is 5.75. The monoisotopic (exact) mass is 543 g/mol. The van der Waals surface area contributed by atoms with Crippen LogP contribution >= 0.6 is 0 Å². The maximum absolute atomic E-state index is 13.4. The van der Waals surface area contributed by atoms with Crippen molar-refractivity contribution in [3.63, 3.8) is 0 Å². The molecule has 10 heteroatoms. The van der Waals surface area contributed by atoms with Gasteiger partial charge in [-0.3, -0.25) is 14.4 Å². The highest BCUT2D eigenvalue weighted by Gasteiger charge is 2.61. The van der Waals surface area contributed by atoms with Crippen LogP contribution in [0.25, 0.3) is 0 Å². The quantitative estimate of drug-likeness (QED) is 0.307. The van der Waals surface area contributed by atoms with Crippen LogP contribution in [0.3, 0.4) is 0 Å². The first-order valence-corrected chi connectivity index (χ1v) is 12.9. The summed E-state index contributed by atoms with van der Waals surface area (Å²) in [5.74, 6) is -0.881. The zero-order chi connectivity index (χ0) is 28.1. The van der Waals surface area contributed by atoms with Crippen LogP contribution in [0.1, 0.15) is 11.1 Å². The molecule has 3 aromatic rings. The maximum atomic E-state index is 13.4. The number of methoxy groups -OCH3 is 1. The molecule has 2 fully saturated rings. The third-order valence-corrected chi connectivity index (χ3v) is 6.88. The van der Waals surface area contributed by atoms with Gasteiger partial charge in [0.25, 0.3) is 5.91 Å². The van der Waals surface area contributed by atoms with Gasteiger partial charge in [0.1, 0.15) is 24.1 Å². The fourth-order valence-corrected chi connectivity index (χ4v) is 4.89. The molecule has 0 radical (unpaired) electrons. The lowest BCUT2D eigenvalue weighted by atomic mass is 9.96. The van der Waals surface area contributed by atoms with Gasteiger partial charge in [0, 0.05) is 6.54 Å². The highest BCUT2D eigenvalue weighted by Crippen LogP contribution is 2.34. The van der Waals surface area contributed by atoms with Crippen LogP contribution in [0.2, 0.25) is 0 Å². The molecule has 40 heavy (non-hydrogen) atoms. The van der Waals surface area contributed by atoms with E-state index in [0.717, 1.165) is 5.56 Å². The molecule has 0 aromatic heterocycles. The average molecular weight is 544 g/mol. The molecule has 0 saturated carbocycles. The molecule has 0 aliphatic carbocycles. The molecule has 5 rings (SSSR count). The molecular formula is C30H29N3O7. The molecule has 2 aliphatic rings. The number of esters is 1. The van der Waals surface area contributed by atoms with Gasteiger partial charge >= 0.3 is 5.97 Å². The number of carbonyl (C=O) groups is 4. The van der Waals surface area contributed by atoms with Crippen LogP contribution in [0, 0.1) is 0 Å². The third-order valence-electron chi connectivity index (χ3n) is 6.88. The van der Waals surface area contributed by atoms with E-state index in [2.05, 4.69) is 5.32 Å². The Morgan fingerprint density at radius 1 is 0.900 bits per heavy atom. The number of nitrogens with zero attached hydrogens (tertiary/aromatic N) is 2. The lowest BCUT2D eigenvalue weighted by Crippen LogP contribution is -2.71. The number of para-hydroxylation sites is 1. The van der Waals surface area contributed by atoms with Gasteiger partial charge in [-0.15, -0.1) is 0 Å². The lowest BCUT2D eigenvalue weighted by Gasteiger charge is -2.43. The van der Waals surface area contributed by atoms with Crippen LogP contribution in [0.5, 0.6) is 11.5 Å². The Bertz CT molecular complexity index is 1380. The van der Waals surface area contributed by atoms with E-state index in [9.17, 15) is 19.2 Å². The maximum Gasteiger partial charge on any atom is 0.350 e. The van der Waals surface area contributed by atoms with Crippen molar-refractivity contribution in [2.45, 2.75) is 31.3 Å². The molecule has 2 heterocycles. The summed E-state index contributed by atoms with van der Waals surface area (Å²) in [5, 5.41) is 2.69. The summed E-state index contributed by atoms with van der Waals surface area (Å²) in [7, 11) is 1.54. The van der Waals surface area contributed by atoms with Crippen LogP contribution < -0.4 is 14.8 Å². The summed E-state index contributed by atoms with van der Waals surface area (Å²) in [6, 6.07) is 23.6. The smallest absolute Gasteiger partial charge is 0.350 e. The molecule has 2 unspecified atom stereocenters. The van der Waals surface area contributed by atoms with Crippen molar-refractivity contribution < 1.29 is 33.4 Å². The van der Waals surface area contributed by atoms with Crippen molar-refractivity contribution in [1.29, 1.82) is 0 Å². The molecule has 0 spiro atoms. The number of fused-ring (bicyclic) bond motifs is 1. The van der Waals surface area contributed by atoms with E-state index in [1.165, 1.54) is 16.9 Å². The zero-order valence-corrected chi connectivity index (χ0v) is 21.9. The summed E-state index contributed by atoms with van der Waals surface area (Å²) >= 11 is 0. The van der Waals surface area contributed by atoms with Crippen molar-refractivity contribution in [3.8, 4) is 11.5 Å². The Balaban J connectivity index is 1.29. The molecule has 3 aromatic carbocycles. The molecular weight excluding hydrogens is 514 g/mol. The standard InChI is InChI=1S/C30H29N3O7/c1-38-23-14-8-11-21(15-23)16-26(35)32-17-24-27(31-25(34)19-39-22-12-6-3-7-13-22)29(36)33(24)28(32)30(37)40-18-20-9-4-2-5-10-20/h2-15,24,27-28H,16-19H2,1H3,(H,31,34)/t24?,27-,28?/m0/s1. The normalized spacial score (nSPS) is 19.3. The van der Waals surface area contributed by atoms with E-state index in [1.807, 2.05) is 36.4 Å². The number of hydrogen-bond donors (Lipinski definition) is 1. The molecule has 0 bridgehead atoms. The van der Waals surface area contributed by atoms with Gasteiger partial charge in [0.2, 0.25) is 18.0 Å². The summed E-state index contributed by atoms with van der Waals surface area (Å²) in [6.07, 6.45) is -1.23. The predicted molar refractivity (Wildman–Crippen MR) is 143 cm³/mol. The summed E-state index contributed by atoms with van der Waals surface area (Å²) < 4.78 is 16.3. The van der Waals surface area contributed by atoms with Gasteiger partial charge in [-0.25, -0.2) is 4.79 Å². The molecule has 206 valence electrons. The van der Waals surface area contributed by atoms with Crippen LogP contribution in [-0.4, -0.2) is 72.0 Å². The van der Waals surface area contributed by atoms with Crippen molar-refractivity contribution in [3.05, 3.63) is 96.1 Å². The number of ether oxygens (including phenoxy) is 3. The van der Waals surface area contributed by atoms with Gasteiger partial charge in [-0.1, -0.05) is 60.7 Å². The second-order valence-electron chi connectivity index (χ2n) is 9.50. The summed E-state index contributed by atoms with van der Waals surface area (Å²) in [5.41, 5.74) is 1.47. The van der Waals surface area contributed by atoms with E-state index in [1.54, 1.807) is 48.5 Å². The molecule has 1 N–H and O–H groups in total. The molecule has 2 aliphatic heterocycles. The largest absolute Gasteiger partial charge is 0.497 e. The van der Waals surface area contributed by atoms with Crippen LogP contribution in [0.4, 0.5) is 0 Å². The predicted octanol–water partition coefficient (Wildman–Crippen LogP) is 1.92. The number of rotatable bonds is 10. The number of β-lactam (4-membered cyclic amide) rings is 1. The number of hydrogen-bond acceptors (Lipinski definition) is 7. The van der Waals surface area contributed by atoms with E-state index in [-0.39, 0.29) is 32.1 Å². The molecule has 2 saturated heterocycles. The van der Waals surface area contributed by atoms with E-state index in [4.69, 9.17) is 14.2 Å². The van der Waals surface area contributed by atoms with Gasteiger partial charge in [0.15, 0.2) is 6.61 Å². The van der Waals surface area contributed by atoms with E-state index < -0.39 is 36.0 Å². The summed E-state index contributed by atoms with van der Waals surface area (Å²) in [6.45, 7) is -0.205. The number of amides is 3. The number of benzene rings is 3. The van der Waals surface area contributed by atoms with E-state index >= 15 is 0 Å². The van der Waals surface area contributed by atoms with Crippen LogP contribution in [0.15, 0.2) is 84.9 Å². The average Bonchev–Trinajstić information content (AvgIpc) is 3.35. The lowest BCUT2D eigenvalue weighted by molar-refractivity contribution is -0.170. The van der Waals surface area contributed by atoms with E-state index in [0.29, 0.717) is 17.1 Å². The first kappa shape index (κ1) is 26.7. The van der Waals surface area contributed by atoms with Crippen LogP contribution in [-0.2, 0) is 36.9 Å². The van der Waals surface area contributed by atoms with Crippen molar-refractivity contribution in [2.24, 2.45) is 0 Å². The van der Waals surface area contributed by atoms with Crippen molar-refractivity contribution in [2.75, 3.05) is 20.3 Å². The van der Waals surface area contributed by atoms with Gasteiger partial charge in [-0.05, 0) is 35.4 Å². The Morgan fingerprint density at radius 3 is 2.30 bits per heavy atom. The Morgan fingerprint density at radius 2 is 1.57 bits per heavy atom. The molecule has 3 atom stereocenters. The van der Waals surface area contributed by atoms with Crippen molar-refractivity contribution >= 4 is 23.7 Å². The van der Waals surface area contributed by atoms with Gasteiger partial charge in [0.05, 0.1) is 19.6 Å². The first-order chi connectivity index (χ1) is 19.4. The summed E-state index contributed by atoms with van der Waals surface area (Å²) in [4.78, 5) is 55.1. The minimum atomic E-state index is -1.23. The first-order valence-electron chi connectivity index (χ1n) is 12.9.